The van der Waals surface area contributed by atoms with Crippen molar-refractivity contribution in [3.05, 3.63) is 66.1 Å². The van der Waals surface area contributed by atoms with Crippen molar-refractivity contribution in [3.63, 3.8) is 0 Å². The molecule has 0 bridgehead atoms. The van der Waals surface area contributed by atoms with E-state index in [2.05, 4.69) is 15.4 Å². The molecule has 0 radical (unpaired) electrons. The average Bonchev–Trinajstić information content (AvgIpc) is 3.12. The molecular weight excluding hydrogens is 332 g/mol. The van der Waals surface area contributed by atoms with Gasteiger partial charge in [0.2, 0.25) is 0 Å². The lowest BCUT2D eigenvalue weighted by molar-refractivity contribution is -0.0736. The van der Waals surface area contributed by atoms with Crippen molar-refractivity contribution >= 4 is 11.6 Å². The highest BCUT2D eigenvalue weighted by Gasteiger charge is 2.29. The number of rotatable bonds is 5. The maximum atomic E-state index is 12.6. The lowest BCUT2D eigenvalue weighted by atomic mass is 10.1. The Bertz CT molecular complexity index is 848. The van der Waals surface area contributed by atoms with Crippen LogP contribution in [-0.2, 0) is 16.1 Å². The molecule has 1 saturated heterocycles. The van der Waals surface area contributed by atoms with Crippen molar-refractivity contribution in [2.24, 2.45) is 0 Å². The van der Waals surface area contributed by atoms with E-state index in [1.807, 2.05) is 30.3 Å². The van der Waals surface area contributed by atoms with Gasteiger partial charge in [-0.2, -0.15) is 5.10 Å². The van der Waals surface area contributed by atoms with E-state index in [1.54, 1.807) is 29.0 Å². The van der Waals surface area contributed by atoms with Gasteiger partial charge in [-0.05, 0) is 18.1 Å². The minimum absolute atomic E-state index is 0.113. The molecule has 3 heterocycles. The summed E-state index contributed by atoms with van der Waals surface area (Å²) in [5.74, 6) is -0.226. The summed E-state index contributed by atoms with van der Waals surface area (Å²) in [6.45, 7) is 1.55. The number of carbonyl (C=O) groups excluding carboxylic acids is 1. The predicted molar refractivity (Wildman–Crippen MR) is 94.7 cm³/mol. The Hall–Kier alpha value is -2.77. The second-order valence-corrected chi connectivity index (χ2v) is 6.23. The van der Waals surface area contributed by atoms with Gasteiger partial charge < -0.3 is 14.8 Å². The van der Waals surface area contributed by atoms with Gasteiger partial charge in [0, 0.05) is 25.1 Å². The third kappa shape index (κ3) is 3.74. The summed E-state index contributed by atoms with van der Waals surface area (Å²) in [6.07, 6.45) is 3.95. The maximum Gasteiger partial charge on any atom is 0.272 e. The number of carbonyl (C=O) groups is 1. The summed E-state index contributed by atoms with van der Waals surface area (Å²) in [4.78, 5) is 16.8. The molecule has 0 spiro atoms. The Balaban J connectivity index is 1.41. The molecule has 1 N–H and O–H groups in total. The summed E-state index contributed by atoms with van der Waals surface area (Å²) < 4.78 is 13.1. The second-order valence-electron chi connectivity index (χ2n) is 6.23. The number of fused-ring (bicyclic) bond motifs is 1. The first-order chi connectivity index (χ1) is 12.8. The van der Waals surface area contributed by atoms with Gasteiger partial charge in [-0.25, -0.2) is 9.50 Å². The number of amides is 1. The molecule has 1 aromatic carbocycles. The third-order valence-corrected chi connectivity index (χ3v) is 4.40. The quantitative estimate of drug-likeness (QED) is 0.758. The van der Waals surface area contributed by atoms with Gasteiger partial charge in [0.25, 0.3) is 5.91 Å². The van der Waals surface area contributed by atoms with Crippen LogP contribution in [0.3, 0.4) is 0 Å². The van der Waals surface area contributed by atoms with Gasteiger partial charge in [0.15, 0.2) is 11.3 Å². The number of ether oxygens (including phenoxy) is 2. The summed E-state index contributed by atoms with van der Waals surface area (Å²) >= 11 is 0. The lowest BCUT2D eigenvalue weighted by Gasteiger charge is -2.32. The highest BCUT2D eigenvalue weighted by Crippen LogP contribution is 2.15. The van der Waals surface area contributed by atoms with Crippen molar-refractivity contribution in [1.29, 1.82) is 0 Å². The van der Waals surface area contributed by atoms with E-state index in [1.165, 1.54) is 0 Å². The fourth-order valence-corrected chi connectivity index (χ4v) is 3.00. The van der Waals surface area contributed by atoms with E-state index in [9.17, 15) is 4.79 Å². The van der Waals surface area contributed by atoms with Crippen LogP contribution >= 0.6 is 0 Å². The molecule has 7 nitrogen and oxygen atoms in total. The van der Waals surface area contributed by atoms with Crippen molar-refractivity contribution in [2.75, 3.05) is 13.2 Å². The van der Waals surface area contributed by atoms with Crippen molar-refractivity contribution in [1.82, 2.24) is 19.9 Å². The van der Waals surface area contributed by atoms with E-state index >= 15 is 0 Å². The monoisotopic (exact) mass is 352 g/mol. The van der Waals surface area contributed by atoms with E-state index in [-0.39, 0.29) is 18.1 Å². The van der Waals surface area contributed by atoms with Gasteiger partial charge in [0.1, 0.15) is 6.10 Å². The first-order valence-corrected chi connectivity index (χ1v) is 8.64. The minimum Gasteiger partial charge on any atom is -0.379 e. The zero-order valence-electron chi connectivity index (χ0n) is 14.2. The van der Waals surface area contributed by atoms with Crippen LogP contribution in [-0.4, -0.2) is 45.9 Å². The zero-order chi connectivity index (χ0) is 17.8. The summed E-state index contributed by atoms with van der Waals surface area (Å²) in [5.41, 5.74) is 2.08. The largest absolute Gasteiger partial charge is 0.379 e. The first-order valence-electron chi connectivity index (χ1n) is 8.64. The van der Waals surface area contributed by atoms with Crippen LogP contribution in [0.25, 0.3) is 5.65 Å². The Morgan fingerprint density at radius 3 is 3.04 bits per heavy atom. The molecule has 1 amide bonds. The zero-order valence-corrected chi connectivity index (χ0v) is 14.2. The number of benzene rings is 1. The van der Waals surface area contributed by atoms with Crippen LogP contribution in [0.4, 0.5) is 0 Å². The molecule has 4 rings (SSSR count). The molecule has 0 unspecified atom stereocenters. The fourth-order valence-electron chi connectivity index (χ4n) is 3.00. The van der Waals surface area contributed by atoms with Gasteiger partial charge in [-0.3, -0.25) is 4.79 Å². The summed E-state index contributed by atoms with van der Waals surface area (Å²) in [7, 11) is 0. The Labute approximate surface area is 151 Å². The normalized spacial score (nSPS) is 20.2. The highest BCUT2D eigenvalue weighted by atomic mass is 16.5. The van der Waals surface area contributed by atoms with Crippen molar-refractivity contribution < 1.29 is 14.3 Å². The van der Waals surface area contributed by atoms with E-state index in [0.717, 1.165) is 5.56 Å². The van der Waals surface area contributed by atoms with Crippen LogP contribution in [0, 0.1) is 0 Å². The van der Waals surface area contributed by atoms with Crippen LogP contribution in [0.5, 0.6) is 0 Å². The Morgan fingerprint density at radius 1 is 1.31 bits per heavy atom. The number of hydrogen-bond acceptors (Lipinski definition) is 5. The molecule has 0 saturated carbocycles. The van der Waals surface area contributed by atoms with Crippen LogP contribution in [0.15, 0.2) is 54.9 Å². The first kappa shape index (κ1) is 16.7. The maximum absolute atomic E-state index is 12.6. The van der Waals surface area contributed by atoms with Crippen molar-refractivity contribution in [2.45, 2.75) is 25.2 Å². The van der Waals surface area contributed by atoms with E-state index in [0.29, 0.717) is 37.6 Å². The SMILES string of the molecule is O=C(N[C@@H]1CCOC[C@H]1OCc1ccccc1)c1cc2ncccn2n1. The number of nitrogens with one attached hydrogen (secondary N) is 1. The molecule has 1 fully saturated rings. The van der Waals surface area contributed by atoms with Crippen LogP contribution in [0.1, 0.15) is 22.5 Å². The van der Waals surface area contributed by atoms with Crippen LogP contribution in [0.2, 0.25) is 0 Å². The molecule has 2 atom stereocenters. The average molecular weight is 352 g/mol. The fraction of sp³-hybridized carbons (Fsp3) is 0.316. The van der Waals surface area contributed by atoms with E-state index < -0.39 is 0 Å². The van der Waals surface area contributed by atoms with Crippen molar-refractivity contribution in [3.8, 4) is 0 Å². The third-order valence-electron chi connectivity index (χ3n) is 4.40. The van der Waals surface area contributed by atoms with E-state index in [4.69, 9.17) is 9.47 Å². The molecule has 26 heavy (non-hydrogen) atoms. The topological polar surface area (TPSA) is 77.8 Å². The van der Waals surface area contributed by atoms with Crippen LogP contribution < -0.4 is 5.32 Å². The minimum atomic E-state index is -0.226. The van der Waals surface area contributed by atoms with Gasteiger partial charge >= 0.3 is 0 Å². The lowest BCUT2D eigenvalue weighted by Crippen LogP contribution is -2.50. The second kappa shape index (κ2) is 7.63. The smallest absolute Gasteiger partial charge is 0.272 e. The summed E-state index contributed by atoms with van der Waals surface area (Å²) in [5, 5.41) is 7.30. The Kier molecular flexibility index (Phi) is 4.90. The molecular formula is C19H20N4O3. The molecule has 134 valence electrons. The predicted octanol–water partition coefficient (Wildman–Crippen LogP) is 1.83. The summed E-state index contributed by atoms with van der Waals surface area (Å²) in [6, 6.07) is 13.3. The standard InChI is InChI=1S/C19H20N4O3/c24-19(16-11-18-20-8-4-9-23(18)22-16)21-15-7-10-25-13-17(15)26-12-14-5-2-1-3-6-14/h1-6,8-9,11,15,17H,7,10,12-13H2,(H,21,24)/t15-,17-/m1/s1. The van der Waals surface area contributed by atoms with Gasteiger partial charge in [-0.15, -0.1) is 0 Å². The number of nitrogens with zero attached hydrogens (tertiary/aromatic N) is 3. The number of aromatic nitrogens is 3. The van der Waals surface area contributed by atoms with Gasteiger partial charge in [-0.1, -0.05) is 30.3 Å². The molecule has 7 heteroatoms. The molecule has 1 aliphatic heterocycles. The Morgan fingerprint density at radius 2 is 2.19 bits per heavy atom. The highest BCUT2D eigenvalue weighted by molar-refractivity contribution is 5.93. The molecule has 3 aromatic rings. The number of hydrogen-bond donors (Lipinski definition) is 1. The molecule has 0 aliphatic carbocycles. The van der Waals surface area contributed by atoms with Gasteiger partial charge in [0.05, 0.1) is 19.3 Å². The molecule has 2 aromatic heterocycles. The molecule has 1 aliphatic rings.